The van der Waals surface area contributed by atoms with Crippen LogP contribution >= 0.6 is 0 Å². The average molecular weight is 328 g/mol. The van der Waals surface area contributed by atoms with E-state index < -0.39 is 0 Å². The molecule has 24 heavy (non-hydrogen) atoms. The Morgan fingerprint density at radius 3 is 3.00 bits per heavy atom. The quantitative estimate of drug-likeness (QED) is 0.871. The predicted octanol–water partition coefficient (Wildman–Crippen LogP) is 2.64. The maximum Gasteiger partial charge on any atom is 0.247 e. The molecular weight excluding hydrogens is 308 g/mol. The summed E-state index contributed by atoms with van der Waals surface area (Å²) in [5.74, 6) is 1.03. The lowest BCUT2D eigenvalue weighted by molar-refractivity contribution is -0.128. The second-order valence-electron chi connectivity index (χ2n) is 5.88. The fraction of sp³-hybridized carbons (Fsp3) is 0.412. The molecule has 126 valence electrons. The molecule has 1 amide bonds. The lowest BCUT2D eigenvalue weighted by atomic mass is 10.1. The third-order valence-electron chi connectivity index (χ3n) is 4.04. The zero-order chi connectivity index (χ0) is 16.9. The molecule has 1 atom stereocenters. The number of hydrogen-bond donors (Lipinski definition) is 1. The van der Waals surface area contributed by atoms with E-state index in [0.29, 0.717) is 23.8 Å². The van der Waals surface area contributed by atoms with E-state index in [4.69, 9.17) is 4.52 Å². The Kier molecular flexibility index (Phi) is 4.88. The van der Waals surface area contributed by atoms with Crippen LogP contribution in [0.2, 0.25) is 0 Å². The van der Waals surface area contributed by atoms with Crippen LogP contribution in [-0.2, 0) is 4.79 Å². The topological polar surface area (TPSA) is 92.4 Å². The van der Waals surface area contributed by atoms with Crippen LogP contribution in [0.1, 0.15) is 49.0 Å². The molecule has 1 saturated heterocycles. The summed E-state index contributed by atoms with van der Waals surface area (Å²) in [5.41, 5.74) is 0.671. The number of amides is 1. The standard InChI is InChI=1S/C17H20N4O3/c1-12-19-17(20-24-12)15-5-3-2-4-8-21(15)16(23)7-6-13-9-14(22)11-18-10-13/h6-7,9-11,15,22H,2-5,8H2,1H3/b7-6+. The Morgan fingerprint density at radius 1 is 1.38 bits per heavy atom. The first-order chi connectivity index (χ1) is 11.6. The Hall–Kier alpha value is -2.70. The molecule has 3 rings (SSSR count). The van der Waals surface area contributed by atoms with Crippen molar-refractivity contribution < 1.29 is 14.4 Å². The molecule has 2 aromatic heterocycles. The van der Waals surface area contributed by atoms with E-state index in [0.717, 1.165) is 25.7 Å². The number of nitrogens with zero attached hydrogens (tertiary/aromatic N) is 4. The third kappa shape index (κ3) is 3.79. The van der Waals surface area contributed by atoms with E-state index in [-0.39, 0.29) is 17.7 Å². The number of carbonyl (C=O) groups excluding carboxylic acids is 1. The number of rotatable bonds is 3. The summed E-state index contributed by atoms with van der Waals surface area (Å²) in [6, 6.07) is 1.39. The molecule has 1 aliphatic heterocycles. The number of pyridine rings is 1. The molecule has 7 heteroatoms. The van der Waals surface area contributed by atoms with Gasteiger partial charge in [-0.2, -0.15) is 4.98 Å². The van der Waals surface area contributed by atoms with Gasteiger partial charge in [-0.05, 0) is 30.5 Å². The molecule has 1 N–H and O–H groups in total. The van der Waals surface area contributed by atoms with Gasteiger partial charge in [-0.15, -0.1) is 0 Å². The number of aromatic nitrogens is 3. The summed E-state index contributed by atoms with van der Waals surface area (Å²) in [5, 5.41) is 13.4. The zero-order valence-electron chi connectivity index (χ0n) is 13.6. The Bertz CT molecular complexity index is 741. The van der Waals surface area contributed by atoms with Gasteiger partial charge in [0.05, 0.1) is 12.2 Å². The number of aryl methyl sites for hydroxylation is 1. The van der Waals surface area contributed by atoms with Crippen molar-refractivity contribution in [3.8, 4) is 5.75 Å². The van der Waals surface area contributed by atoms with Gasteiger partial charge in [0.15, 0.2) is 5.82 Å². The average Bonchev–Trinajstić information content (AvgIpc) is 2.85. The maximum absolute atomic E-state index is 12.7. The van der Waals surface area contributed by atoms with Gasteiger partial charge in [-0.3, -0.25) is 9.78 Å². The van der Waals surface area contributed by atoms with Crippen LogP contribution in [0.25, 0.3) is 6.08 Å². The number of carbonyl (C=O) groups is 1. The Balaban J connectivity index is 1.79. The molecule has 0 radical (unpaired) electrons. The molecule has 1 unspecified atom stereocenters. The van der Waals surface area contributed by atoms with E-state index in [1.165, 1.54) is 12.3 Å². The van der Waals surface area contributed by atoms with E-state index >= 15 is 0 Å². The number of aromatic hydroxyl groups is 1. The summed E-state index contributed by atoms with van der Waals surface area (Å²) in [6.45, 7) is 2.41. The lowest BCUT2D eigenvalue weighted by Crippen LogP contribution is -2.34. The number of hydrogen-bond acceptors (Lipinski definition) is 6. The molecule has 1 fully saturated rings. The molecule has 2 aromatic rings. The lowest BCUT2D eigenvalue weighted by Gasteiger charge is -2.26. The van der Waals surface area contributed by atoms with Crippen molar-refractivity contribution in [2.24, 2.45) is 0 Å². The molecule has 0 spiro atoms. The SMILES string of the molecule is Cc1nc(C2CCCCCN2C(=O)/C=C/c2cncc(O)c2)no1. The highest BCUT2D eigenvalue weighted by Gasteiger charge is 2.29. The summed E-state index contributed by atoms with van der Waals surface area (Å²) in [7, 11) is 0. The van der Waals surface area contributed by atoms with Crippen LogP contribution in [0.15, 0.2) is 29.1 Å². The van der Waals surface area contributed by atoms with E-state index in [1.807, 2.05) is 0 Å². The van der Waals surface area contributed by atoms with Gasteiger partial charge >= 0.3 is 0 Å². The van der Waals surface area contributed by atoms with Crippen molar-refractivity contribution in [3.05, 3.63) is 41.8 Å². The predicted molar refractivity (Wildman–Crippen MR) is 86.9 cm³/mol. The highest BCUT2D eigenvalue weighted by Crippen LogP contribution is 2.28. The summed E-state index contributed by atoms with van der Waals surface area (Å²) in [6.07, 6.45) is 9.99. The van der Waals surface area contributed by atoms with E-state index in [1.54, 1.807) is 30.2 Å². The summed E-state index contributed by atoms with van der Waals surface area (Å²) >= 11 is 0. The van der Waals surface area contributed by atoms with Gasteiger partial charge in [0.1, 0.15) is 5.75 Å². The van der Waals surface area contributed by atoms with Gasteiger partial charge in [0, 0.05) is 25.7 Å². The Labute approximate surface area is 140 Å². The minimum absolute atomic E-state index is 0.0690. The first-order valence-corrected chi connectivity index (χ1v) is 8.06. The van der Waals surface area contributed by atoms with Crippen molar-refractivity contribution in [2.45, 2.75) is 38.6 Å². The molecule has 0 aromatic carbocycles. The largest absolute Gasteiger partial charge is 0.506 e. The molecular formula is C17H20N4O3. The van der Waals surface area contributed by atoms with Gasteiger partial charge in [-0.25, -0.2) is 0 Å². The van der Waals surface area contributed by atoms with Crippen molar-refractivity contribution in [3.63, 3.8) is 0 Å². The minimum atomic E-state index is -0.163. The van der Waals surface area contributed by atoms with Crippen LogP contribution in [0.4, 0.5) is 0 Å². The fourth-order valence-electron chi connectivity index (χ4n) is 2.89. The molecule has 0 aliphatic carbocycles. The highest BCUT2D eigenvalue weighted by molar-refractivity contribution is 5.92. The molecule has 1 aliphatic rings. The van der Waals surface area contributed by atoms with E-state index in [9.17, 15) is 9.90 Å². The summed E-state index contributed by atoms with van der Waals surface area (Å²) in [4.78, 5) is 22.7. The first-order valence-electron chi connectivity index (χ1n) is 8.06. The fourth-order valence-corrected chi connectivity index (χ4v) is 2.89. The van der Waals surface area contributed by atoms with Gasteiger partial charge < -0.3 is 14.5 Å². The van der Waals surface area contributed by atoms with Crippen LogP contribution in [-0.4, -0.2) is 37.6 Å². The molecule has 3 heterocycles. The smallest absolute Gasteiger partial charge is 0.247 e. The number of likely N-dealkylation sites (tertiary alicyclic amines) is 1. The molecule has 7 nitrogen and oxygen atoms in total. The molecule has 0 bridgehead atoms. The van der Waals surface area contributed by atoms with Crippen LogP contribution in [0, 0.1) is 6.92 Å². The van der Waals surface area contributed by atoms with Crippen LogP contribution < -0.4 is 0 Å². The normalized spacial score (nSPS) is 18.7. The van der Waals surface area contributed by atoms with Crippen molar-refractivity contribution in [1.29, 1.82) is 0 Å². The minimum Gasteiger partial charge on any atom is -0.506 e. The van der Waals surface area contributed by atoms with Crippen LogP contribution in [0.3, 0.4) is 0 Å². The maximum atomic E-state index is 12.7. The second kappa shape index (κ2) is 7.25. The summed E-state index contributed by atoms with van der Waals surface area (Å²) < 4.78 is 5.08. The van der Waals surface area contributed by atoms with E-state index in [2.05, 4.69) is 15.1 Å². The van der Waals surface area contributed by atoms with Crippen LogP contribution in [0.5, 0.6) is 5.75 Å². The van der Waals surface area contributed by atoms with Crippen molar-refractivity contribution in [1.82, 2.24) is 20.0 Å². The zero-order valence-corrected chi connectivity index (χ0v) is 13.6. The second-order valence-corrected chi connectivity index (χ2v) is 5.88. The van der Waals surface area contributed by atoms with Gasteiger partial charge in [0.25, 0.3) is 0 Å². The highest BCUT2D eigenvalue weighted by atomic mass is 16.5. The third-order valence-corrected chi connectivity index (χ3v) is 4.04. The van der Waals surface area contributed by atoms with Gasteiger partial charge in [-0.1, -0.05) is 18.0 Å². The van der Waals surface area contributed by atoms with Crippen molar-refractivity contribution >= 4 is 12.0 Å². The Morgan fingerprint density at radius 2 is 2.25 bits per heavy atom. The molecule has 0 saturated carbocycles. The van der Waals surface area contributed by atoms with Gasteiger partial charge in [0.2, 0.25) is 11.8 Å². The van der Waals surface area contributed by atoms with Crippen molar-refractivity contribution in [2.75, 3.05) is 6.54 Å². The monoisotopic (exact) mass is 328 g/mol. The first kappa shape index (κ1) is 16.2.